The first kappa shape index (κ1) is 33.8. The highest BCUT2D eigenvalue weighted by Crippen LogP contribution is 2.28. The largest absolute Gasteiger partial charge is 0.465 e. The van der Waals surface area contributed by atoms with Crippen molar-refractivity contribution in [2.24, 2.45) is 0 Å². The monoisotopic (exact) mass is 622 g/mol. The Morgan fingerprint density at radius 3 is 2.37 bits per heavy atom. The second kappa shape index (κ2) is 15.6. The second-order valence-corrected chi connectivity index (χ2v) is 10.3. The third kappa shape index (κ3) is 7.87. The van der Waals surface area contributed by atoms with E-state index in [1.165, 1.54) is 28.2 Å². The summed E-state index contributed by atoms with van der Waals surface area (Å²) in [5.41, 5.74) is 8.88. The number of imide groups is 1. The summed E-state index contributed by atoms with van der Waals surface area (Å²) in [5.74, 6) is 0.165. The maximum atomic E-state index is 13.5. The Morgan fingerprint density at radius 1 is 1.05 bits per heavy atom. The van der Waals surface area contributed by atoms with E-state index >= 15 is 0 Å². The number of carbonyl (C=O) groups is 3. The molecular formula is C28H36Cl2N6O4S. The van der Waals surface area contributed by atoms with Gasteiger partial charge in [-0.05, 0) is 36.6 Å². The maximum Gasteiger partial charge on any atom is 0.337 e. The number of methoxy groups -OCH3 is 1. The standard InChI is InChI=1S/C28H34N6O4S.2ClH/c1-4-6-8-24-30-15-22(33(24)16-19-9-11-20(12-10-19)26(36)38-3)14-23-25(35)32(13-7-5-2)28(37)34(23)17-21-18-39-27(29)31-21;;/h9-12,14-15,18H,4-8,13,16-17H2,1-3H3,(H2,29,31);2*1H. The molecule has 1 fully saturated rings. The van der Waals surface area contributed by atoms with Crippen molar-refractivity contribution >= 4 is 65.3 Å². The molecule has 3 aromatic rings. The van der Waals surface area contributed by atoms with Crippen LogP contribution in [0, 0.1) is 0 Å². The van der Waals surface area contributed by atoms with Crippen molar-refractivity contribution < 1.29 is 19.1 Å². The fraction of sp³-hybridized carbons (Fsp3) is 0.393. The molecule has 1 aliphatic rings. The Balaban J connectivity index is 0.00000294. The minimum Gasteiger partial charge on any atom is -0.465 e. The molecule has 0 saturated carbocycles. The number of aryl methyl sites for hydroxylation is 1. The zero-order chi connectivity index (χ0) is 27.9. The van der Waals surface area contributed by atoms with Crippen molar-refractivity contribution in [3.63, 3.8) is 0 Å². The van der Waals surface area contributed by atoms with Crippen LogP contribution in [-0.2, 0) is 29.0 Å². The number of unbranched alkanes of at least 4 members (excludes halogenated alkanes) is 2. The molecule has 0 atom stereocenters. The summed E-state index contributed by atoms with van der Waals surface area (Å²) < 4.78 is 6.86. The molecule has 0 aliphatic carbocycles. The van der Waals surface area contributed by atoms with Crippen molar-refractivity contribution in [3.05, 3.63) is 69.9 Å². The molecule has 1 aliphatic heterocycles. The van der Waals surface area contributed by atoms with E-state index in [0.717, 1.165) is 49.2 Å². The normalized spacial score (nSPS) is 13.9. The predicted molar refractivity (Wildman–Crippen MR) is 164 cm³/mol. The van der Waals surface area contributed by atoms with Crippen LogP contribution in [0.2, 0.25) is 0 Å². The number of imidazole rings is 1. The van der Waals surface area contributed by atoms with Gasteiger partial charge < -0.3 is 15.0 Å². The average molecular weight is 624 g/mol. The third-order valence-electron chi connectivity index (χ3n) is 6.57. The predicted octanol–water partition coefficient (Wildman–Crippen LogP) is 5.55. The zero-order valence-electron chi connectivity index (χ0n) is 23.4. The quantitative estimate of drug-likeness (QED) is 0.159. The highest BCUT2D eigenvalue weighted by molar-refractivity contribution is 7.13. The lowest BCUT2D eigenvalue weighted by Crippen LogP contribution is -2.33. The van der Waals surface area contributed by atoms with Gasteiger partial charge >= 0.3 is 12.0 Å². The number of halogens is 2. The molecule has 2 aromatic heterocycles. The molecule has 0 bridgehead atoms. The van der Waals surface area contributed by atoms with E-state index in [1.54, 1.807) is 29.8 Å². The van der Waals surface area contributed by atoms with Gasteiger partial charge in [0.2, 0.25) is 0 Å². The minimum absolute atomic E-state index is 0. The fourth-order valence-corrected chi connectivity index (χ4v) is 4.95. The topological polar surface area (TPSA) is 124 Å². The Bertz CT molecular complexity index is 1370. The number of esters is 1. The zero-order valence-corrected chi connectivity index (χ0v) is 25.8. The van der Waals surface area contributed by atoms with Gasteiger partial charge in [0.15, 0.2) is 5.13 Å². The van der Waals surface area contributed by atoms with Gasteiger partial charge in [0.1, 0.15) is 11.5 Å². The molecule has 2 N–H and O–H groups in total. The third-order valence-corrected chi connectivity index (χ3v) is 7.29. The molecule has 0 spiro atoms. The smallest absolute Gasteiger partial charge is 0.337 e. The molecule has 3 amide bonds. The van der Waals surface area contributed by atoms with E-state index < -0.39 is 5.97 Å². The second-order valence-electron chi connectivity index (χ2n) is 9.36. The molecule has 13 heteroatoms. The number of carbonyl (C=O) groups excluding carboxylic acids is 3. The summed E-state index contributed by atoms with van der Waals surface area (Å²) in [6, 6.07) is 6.86. The van der Waals surface area contributed by atoms with E-state index in [2.05, 4.69) is 21.5 Å². The average Bonchev–Trinajstić information content (AvgIpc) is 3.59. The molecule has 0 unspecified atom stereocenters. The number of nitrogens with zero attached hydrogens (tertiary/aromatic N) is 5. The van der Waals surface area contributed by atoms with Crippen LogP contribution >= 0.6 is 36.2 Å². The number of thiazole rings is 1. The van der Waals surface area contributed by atoms with Gasteiger partial charge in [-0.25, -0.2) is 19.6 Å². The SMILES string of the molecule is CCCCc1ncc(C=C2C(=O)N(CCCC)C(=O)N2Cc2csc(N)n2)n1Cc1ccc(C(=O)OC)cc1.Cl.Cl. The Hall–Kier alpha value is -3.41. The number of nitrogens with two attached hydrogens (primary N) is 1. The summed E-state index contributed by atoms with van der Waals surface area (Å²) in [6.07, 6.45) is 7.83. The van der Waals surface area contributed by atoms with Crippen LogP contribution in [0.15, 0.2) is 41.5 Å². The van der Waals surface area contributed by atoms with Crippen LogP contribution in [0.4, 0.5) is 9.93 Å². The van der Waals surface area contributed by atoms with Crippen molar-refractivity contribution in [1.29, 1.82) is 0 Å². The van der Waals surface area contributed by atoms with Crippen LogP contribution in [0.25, 0.3) is 6.08 Å². The van der Waals surface area contributed by atoms with Gasteiger partial charge in [-0.2, -0.15) is 0 Å². The van der Waals surface area contributed by atoms with Gasteiger partial charge in [0, 0.05) is 24.9 Å². The van der Waals surface area contributed by atoms with Crippen LogP contribution in [0.1, 0.15) is 72.7 Å². The number of hydrogen-bond donors (Lipinski definition) is 1. The van der Waals surface area contributed by atoms with E-state index in [1.807, 2.05) is 19.1 Å². The first-order valence-electron chi connectivity index (χ1n) is 13.1. The molecule has 0 radical (unpaired) electrons. The number of benzene rings is 1. The lowest BCUT2D eigenvalue weighted by molar-refractivity contribution is -0.123. The minimum atomic E-state index is -0.391. The number of hydrogen-bond acceptors (Lipinski definition) is 8. The van der Waals surface area contributed by atoms with E-state index in [-0.39, 0.29) is 49.0 Å². The summed E-state index contributed by atoms with van der Waals surface area (Å²) in [6.45, 7) is 5.14. The first-order valence-corrected chi connectivity index (χ1v) is 14.0. The lowest BCUT2D eigenvalue weighted by Gasteiger charge is -2.16. The van der Waals surface area contributed by atoms with Crippen molar-refractivity contribution in [1.82, 2.24) is 24.3 Å². The van der Waals surface area contributed by atoms with E-state index in [4.69, 9.17) is 10.5 Å². The molecule has 222 valence electrons. The fourth-order valence-electron chi connectivity index (χ4n) is 4.40. The van der Waals surface area contributed by atoms with E-state index in [0.29, 0.717) is 29.5 Å². The number of nitrogen functional groups attached to an aromatic ring is 1. The molecule has 1 saturated heterocycles. The van der Waals surface area contributed by atoms with Crippen LogP contribution < -0.4 is 5.73 Å². The van der Waals surface area contributed by atoms with Crippen LogP contribution in [0.3, 0.4) is 0 Å². The summed E-state index contributed by atoms with van der Waals surface area (Å²) in [4.78, 5) is 50.4. The summed E-state index contributed by atoms with van der Waals surface area (Å²) in [7, 11) is 1.35. The number of rotatable bonds is 12. The molecule has 4 rings (SSSR count). The molecule has 41 heavy (non-hydrogen) atoms. The Labute approximate surface area is 256 Å². The Morgan fingerprint density at radius 2 is 1.76 bits per heavy atom. The number of anilines is 1. The van der Waals surface area contributed by atoms with Crippen LogP contribution in [0.5, 0.6) is 0 Å². The lowest BCUT2D eigenvalue weighted by atomic mass is 10.1. The van der Waals surface area contributed by atoms with Gasteiger partial charge in [0.05, 0.1) is 36.8 Å². The van der Waals surface area contributed by atoms with Gasteiger partial charge in [0.25, 0.3) is 5.91 Å². The number of aromatic nitrogens is 3. The molecule has 10 nitrogen and oxygen atoms in total. The molecule has 1 aromatic carbocycles. The van der Waals surface area contributed by atoms with Gasteiger partial charge in [-0.1, -0.05) is 38.8 Å². The number of amides is 3. The summed E-state index contributed by atoms with van der Waals surface area (Å²) in [5, 5.41) is 2.21. The van der Waals surface area contributed by atoms with E-state index in [9.17, 15) is 14.4 Å². The van der Waals surface area contributed by atoms with Crippen LogP contribution in [-0.4, -0.2) is 55.9 Å². The van der Waals surface area contributed by atoms with Crippen molar-refractivity contribution in [2.75, 3.05) is 19.4 Å². The molecule has 3 heterocycles. The maximum absolute atomic E-state index is 13.5. The molecular weight excluding hydrogens is 587 g/mol. The highest BCUT2D eigenvalue weighted by Gasteiger charge is 2.41. The number of urea groups is 1. The highest BCUT2D eigenvalue weighted by atomic mass is 35.5. The van der Waals surface area contributed by atoms with Crippen molar-refractivity contribution in [2.45, 2.75) is 59.0 Å². The Kier molecular flexibility index (Phi) is 12.8. The van der Waals surface area contributed by atoms with Gasteiger partial charge in [-0.3, -0.25) is 14.6 Å². The first-order chi connectivity index (χ1) is 18.9. The number of ether oxygens (including phenoxy) is 1. The van der Waals surface area contributed by atoms with Crippen molar-refractivity contribution in [3.8, 4) is 0 Å². The summed E-state index contributed by atoms with van der Waals surface area (Å²) >= 11 is 1.30. The van der Waals surface area contributed by atoms with Gasteiger partial charge in [-0.15, -0.1) is 36.2 Å².